The summed E-state index contributed by atoms with van der Waals surface area (Å²) in [6.07, 6.45) is 11.3. The van der Waals surface area contributed by atoms with Crippen molar-refractivity contribution in [1.82, 2.24) is 29.7 Å². The van der Waals surface area contributed by atoms with E-state index in [2.05, 4.69) is 75.8 Å². The van der Waals surface area contributed by atoms with Crippen molar-refractivity contribution in [3.63, 3.8) is 0 Å². The summed E-state index contributed by atoms with van der Waals surface area (Å²) in [7, 11) is 0. The number of imide groups is 2. The van der Waals surface area contributed by atoms with Gasteiger partial charge in [-0.1, -0.05) is 49.9 Å². The number of nitrogens with zero attached hydrogens (tertiary/aromatic N) is 4. The van der Waals surface area contributed by atoms with Crippen LogP contribution in [0.15, 0.2) is 72.8 Å². The molecule has 7 heterocycles. The van der Waals surface area contributed by atoms with Crippen LogP contribution in [0.1, 0.15) is 203 Å². The van der Waals surface area contributed by atoms with Gasteiger partial charge in [0, 0.05) is 46.3 Å². The number of hydrogen-bond donors (Lipinski definition) is 2. The van der Waals surface area contributed by atoms with Crippen LogP contribution in [-0.2, 0) is 9.47 Å². The molecule has 2 saturated carbocycles. The van der Waals surface area contributed by atoms with Crippen LogP contribution in [0.5, 0.6) is 0 Å². The van der Waals surface area contributed by atoms with Crippen molar-refractivity contribution in [3.05, 3.63) is 140 Å². The fraction of sp³-hybridized carbons (Fsp3) is 0.400. The fourth-order valence-corrected chi connectivity index (χ4v) is 12.3. The highest BCUT2D eigenvalue weighted by molar-refractivity contribution is 6.22. The molecule has 4 aliphatic heterocycles. The molecular weight excluding hydrogens is 901 g/mol. The average Bonchev–Trinajstić information content (AvgIpc) is 4.28. The highest BCUT2D eigenvalue weighted by Crippen LogP contribution is 2.41. The first-order chi connectivity index (χ1) is 34.8. The molecule has 2 fully saturated rings. The number of carbonyl (C=O) groups is 4. The van der Waals surface area contributed by atoms with Gasteiger partial charge in [-0.15, -0.1) is 0 Å². The van der Waals surface area contributed by atoms with Crippen LogP contribution in [0.3, 0.4) is 0 Å². The van der Waals surface area contributed by atoms with Crippen LogP contribution in [-0.4, -0.2) is 78.7 Å². The van der Waals surface area contributed by atoms with Gasteiger partial charge in [0.15, 0.2) is 0 Å². The van der Waals surface area contributed by atoms with Crippen LogP contribution in [0, 0.1) is 13.8 Å². The smallest absolute Gasteiger partial charge is 0.261 e. The van der Waals surface area contributed by atoms with Gasteiger partial charge in [-0.25, -0.2) is 9.97 Å². The van der Waals surface area contributed by atoms with Crippen molar-refractivity contribution in [1.29, 1.82) is 0 Å². The molecule has 0 saturated heterocycles. The number of ether oxygens (including phenoxy) is 2. The Morgan fingerprint density at radius 2 is 0.875 bits per heavy atom. The lowest BCUT2D eigenvalue weighted by molar-refractivity contribution is 0.00133. The summed E-state index contributed by atoms with van der Waals surface area (Å²) in [6, 6.07) is 22.6. The number of hydrogen-bond acceptors (Lipinski definition) is 8. The van der Waals surface area contributed by atoms with E-state index in [1.165, 1.54) is 35.5 Å². The predicted molar refractivity (Wildman–Crippen MR) is 281 cm³/mol. The molecule has 8 bridgehead atoms. The zero-order chi connectivity index (χ0) is 49.9. The van der Waals surface area contributed by atoms with Crippen LogP contribution in [0.4, 0.5) is 0 Å². The molecule has 0 radical (unpaired) electrons. The molecule has 2 N–H and O–H groups in total. The second-order valence-corrected chi connectivity index (χ2v) is 20.7. The molecule has 2 unspecified atom stereocenters. The number of fused-ring (bicyclic) bond motifs is 10. The molecule has 2 atom stereocenters. The Bertz CT molecular complexity index is 3240. The first-order valence-corrected chi connectivity index (χ1v) is 26.2. The standard InChI is InChI=1S/C60H64N6O6/c1-33-41(25-15-27-65-57(67)43-21-11-12-22-44(43)58(65)68)51-32-52-42(26-16-28-66-59(69)45-23-13-14-24-46(45)60(66)70)34(2)48(62-52)30-53-56(38(6)72-40-19-9-10-20-40)36(4)50(64-53)31-54-55(37(5)71-39-17-7-8-18-39)35(3)49(63-54)29-47(33)61-51/h11-14,21-24,29-32,37-40,63-64H,7-10,15-20,25-28H2,1-6H3. The summed E-state index contributed by atoms with van der Waals surface area (Å²) in [5, 5.41) is 0. The molecule has 12 nitrogen and oxygen atoms in total. The Kier molecular flexibility index (Phi) is 12.8. The summed E-state index contributed by atoms with van der Waals surface area (Å²) in [4.78, 5) is 75.1. The lowest BCUT2D eigenvalue weighted by Gasteiger charge is -2.19. The first kappa shape index (κ1) is 47.6. The fourth-order valence-electron chi connectivity index (χ4n) is 12.3. The zero-order valence-corrected chi connectivity index (χ0v) is 42.4. The highest BCUT2D eigenvalue weighted by atomic mass is 16.5. The van der Waals surface area contributed by atoms with E-state index in [0.717, 1.165) is 115 Å². The molecule has 6 aliphatic rings. The lowest BCUT2D eigenvalue weighted by Crippen LogP contribution is -2.30. The molecule has 2 aliphatic carbocycles. The van der Waals surface area contributed by atoms with Gasteiger partial charge in [-0.2, -0.15) is 0 Å². The van der Waals surface area contributed by atoms with Gasteiger partial charge >= 0.3 is 0 Å². The van der Waals surface area contributed by atoms with E-state index in [0.29, 0.717) is 47.9 Å². The van der Waals surface area contributed by atoms with E-state index in [1.54, 1.807) is 48.5 Å². The molecule has 4 amide bonds. The van der Waals surface area contributed by atoms with Crippen molar-refractivity contribution < 1.29 is 28.7 Å². The van der Waals surface area contributed by atoms with Crippen molar-refractivity contribution in [3.8, 4) is 0 Å². The van der Waals surface area contributed by atoms with Crippen LogP contribution in [0.2, 0.25) is 0 Å². The normalized spacial score (nSPS) is 18.1. The lowest BCUT2D eigenvalue weighted by atomic mass is 9.98. The third kappa shape index (κ3) is 8.55. The van der Waals surface area contributed by atoms with E-state index in [9.17, 15) is 19.2 Å². The van der Waals surface area contributed by atoms with E-state index in [4.69, 9.17) is 19.4 Å². The number of aromatic amines is 2. The number of amides is 4. The molecule has 5 aromatic rings. The molecule has 370 valence electrons. The van der Waals surface area contributed by atoms with E-state index in [-0.39, 0.29) is 61.1 Å². The van der Waals surface area contributed by atoms with Gasteiger partial charge in [0.2, 0.25) is 0 Å². The van der Waals surface area contributed by atoms with Gasteiger partial charge in [0.25, 0.3) is 23.6 Å². The molecule has 11 rings (SSSR count). The predicted octanol–water partition coefficient (Wildman–Crippen LogP) is 13.0. The third-order valence-corrected chi connectivity index (χ3v) is 16.2. The summed E-state index contributed by atoms with van der Waals surface area (Å²) in [5.74, 6) is -1.05. The maximum absolute atomic E-state index is 13.5. The van der Waals surface area contributed by atoms with Crippen molar-refractivity contribution >= 4 is 68.0 Å². The number of nitrogens with one attached hydrogen (secondary N) is 2. The number of H-pyrrole nitrogens is 2. The van der Waals surface area contributed by atoms with Crippen molar-refractivity contribution in [2.24, 2.45) is 0 Å². The molecular formula is C60H64N6O6. The maximum atomic E-state index is 13.5. The monoisotopic (exact) mass is 964 g/mol. The number of rotatable bonds is 14. The van der Waals surface area contributed by atoms with Crippen LogP contribution < -0.4 is 0 Å². The van der Waals surface area contributed by atoms with Crippen LogP contribution in [0.25, 0.3) is 44.4 Å². The summed E-state index contributed by atoms with van der Waals surface area (Å²) < 4.78 is 13.7. The van der Waals surface area contributed by atoms with E-state index >= 15 is 0 Å². The van der Waals surface area contributed by atoms with E-state index < -0.39 is 0 Å². The van der Waals surface area contributed by atoms with E-state index in [1.807, 2.05) is 0 Å². The van der Waals surface area contributed by atoms with Gasteiger partial charge < -0.3 is 19.4 Å². The highest BCUT2D eigenvalue weighted by Gasteiger charge is 2.36. The molecule has 2 aromatic carbocycles. The Morgan fingerprint density at radius 1 is 0.514 bits per heavy atom. The minimum atomic E-state index is -0.263. The second kappa shape index (κ2) is 19.3. The summed E-state index contributed by atoms with van der Waals surface area (Å²) in [6.45, 7) is 13.4. The number of benzene rings is 2. The average molecular weight is 965 g/mol. The maximum Gasteiger partial charge on any atom is 0.261 e. The van der Waals surface area contributed by atoms with Gasteiger partial charge in [-0.3, -0.25) is 29.0 Å². The van der Waals surface area contributed by atoms with Gasteiger partial charge in [0.1, 0.15) is 0 Å². The zero-order valence-electron chi connectivity index (χ0n) is 42.4. The first-order valence-electron chi connectivity index (χ1n) is 26.2. The number of aryl methyl sites for hydroxylation is 2. The quantitative estimate of drug-likeness (QED) is 0.104. The molecule has 3 aromatic heterocycles. The Balaban J connectivity index is 1.05. The van der Waals surface area contributed by atoms with Gasteiger partial charge in [0.05, 0.1) is 69.4 Å². The van der Waals surface area contributed by atoms with Crippen molar-refractivity contribution in [2.75, 3.05) is 13.1 Å². The third-order valence-electron chi connectivity index (χ3n) is 16.2. The molecule has 0 spiro atoms. The largest absolute Gasteiger partial charge is 0.371 e. The summed E-state index contributed by atoms with van der Waals surface area (Å²) >= 11 is 0. The Morgan fingerprint density at radius 3 is 1.28 bits per heavy atom. The summed E-state index contributed by atoms with van der Waals surface area (Å²) in [5.41, 5.74) is 17.3. The SMILES string of the molecule is CC1=C(CCCN2C(=O)c3ccccc3C2=O)c2cc3nc(cc4[nH]c(cc5[nH]c(cc1n2)c(C)c5C(C)OC1CCCC1)c(C)c4C(C)OC1CCCC1)C(C)=C3CCCN1C(=O)c2ccccc2C1=O. The Labute approximate surface area is 421 Å². The van der Waals surface area contributed by atoms with Crippen LogP contribution >= 0.6 is 0 Å². The molecule has 72 heavy (non-hydrogen) atoms. The minimum absolute atomic E-state index is 0.162. The van der Waals surface area contributed by atoms with Crippen molar-refractivity contribution in [2.45, 2.75) is 143 Å². The number of aromatic nitrogens is 4. The minimum Gasteiger partial charge on any atom is -0.371 e. The Hall–Kier alpha value is -6.76. The second-order valence-electron chi connectivity index (χ2n) is 20.7. The topological polar surface area (TPSA) is 151 Å². The molecule has 12 heteroatoms. The number of carbonyl (C=O) groups excluding carboxylic acids is 4. The number of allylic oxidation sites excluding steroid dienone is 4. The van der Waals surface area contributed by atoms with Gasteiger partial charge in [-0.05, 0) is 175 Å².